The molecule has 2 aliphatic rings. The summed E-state index contributed by atoms with van der Waals surface area (Å²) in [5, 5.41) is 17.9. The molecule has 0 spiro atoms. The summed E-state index contributed by atoms with van der Waals surface area (Å²) in [4.78, 5) is 10.7. The van der Waals surface area contributed by atoms with E-state index < -0.39 is 5.97 Å². The zero-order valence-corrected chi connectivity index (χ0v) is 10.7. The molecule has 0 amide bonds. The molecule has 1 unspecified atom stereocenters. The van der Waals surface area contributed by atoms with Gasteiger partial charge in [-0.05, 0) is 19.3 Å². The normalized spacial score (nSPS) is 23.4. The highest BCUT2D eigenvalue weighted by molar-refractivity contribution is 7.99. The topological polar surface area (TPSA) is 77.2 Å². The minimum Gasteiger partial charge on any atom is -0.481 e. The van der Waals surface area contributed by atoms with Crippen LogP contribution in [0.3, 0.4) is 0 Å². The summed E-state index contributed by atoms with van der Waals surface area (Å²) in [5.74, 6) is 0.719. The van der Waals surface area contributed by atoms with E-state index in [0.717, 1.165) is 36.9 Å². The molecule has 3 rings (SSSR count). The van der Waals surface area contributed by atoms with Crippen molar-refractivity contribution in [1.82, 2.24) is 14.8 Å². The number of ether oxygens (including phenoxy) is 1. The number of nitrogens with zero attached hydrogens (tertiary/aromatic N) is 3. The molecule has 1 atom stereocenters. The van der Waals surface area contributed by atoms with Gasteiger partial charge >= 0.3 is 5.97 Å². The molecular weight excluding hydrogens is 254 g/mol. The van der Waals surface area contributed by atoms with Crippen LogP contribution in [0.2, 0.25) is 0 Å². The molecule has 0 radical (unpaired) electrons. The monoisotopic (exact) mass is 269 g/mol. The summed E-state index contributed by atoms with van der Waals surface area (Å²) < 4.78 is 7.52. The van der Waals surface area contributed by atoms with Gasteiger partial charge in [0, 0.05) is 12.5 Å². The Bertz CT molecular complexity index is 452. The number of carbonyl (C=O) groups is 1. The number of aromatic nitrogens is 3. The van der Waals surface area contributed by atoms with Crippen molar-refractivity contribution in [3.63, 3.8) is 0 Å². The fraction of sp³-hybridized carbons (Fsp3) is 0.727. The predicted molar refractivity (Wildman–Crippen MR) is 64.8 cm³/mol. The van der Waals surface area contributed by atoms with Crippen molar-refractivity contribution in [2.24, 2.45) is 0 Å². The van der Waals surface area contributed by atoms with Crippen LogP contribution in [0.1, 0.15) is 37.0 Å². The Kier molecular flexibility index (Phi) is 3.25. The van der Waals surface area contributed by atoms with Crippen molar-refractivity contribution >= 4 is 17.7 Å². The first-order valence-electron chi connectivity index (χ1n) is 6.13. The third-order valence-corrected chi connectivity index (χ3v) is 4.16. The maximum Gasteiger partial charge on any atom is 0.313 e. The molecule has 7 heteroatoms. The van der Waals surface area contributed by atoms with Crippen LogP contribution in [-0.4, -0.2) is 44.8 Å². The Morgan fingerprint density at radius 1 is 1.44 bits per heavy atom. The van der Waals surface area contributed by atoms with Crippen LogP contribution < -0.4 is 0 Å². The summed E-state index contributed by atoms with van der Waals surface area (Å²) in [5.41, 5.74) is 0. The molecule has 1 saturated heterocycles. The Labute approximate surface area is 109 Å². The average molecular weight is 269 g/mol. The molecule has 0 aromatic carbocycles. The van der Waals surface area contributed by atoms with Gasteiger partial charge in [-0.3, -0.25) is 4.79 Å². The largest absolute Gasteiger partial charge is 0.481 e. The van der Waals surface area contributed by atoms with Gasteiger partial charge in [-0.25, -0.2) is 0 Å². The molecule has 0 bridgehead atoms. The number of carboxylic acids is 1. The standard InChI is InChI=1S/C11H15N3O3S/c15-9(16)6-18-11-13-12-10(7-1-2-7)14(11)8-3-4-17-5-8/h7-8H,1-6H2,(H,15,16). The van der Waals surface area contributed by atoms with Gasteiger partial charge in [-0.2, -0.15) is 0 Å². The van der Waals surface area contributed by atoms with E-state index in [1.165, 1.54) is 11.8 Å². The lowest BCUT2D eigenvalue weighted by atomic mass is 10.2. The SMILES string of the molecule is O=C(O)CSc1nnc(C2CC2)n1C1CCOC1. The second-order valence-corrected chi connectivity index (χ2v) is 5.63. The van der Waals surface area contributed by atoms with E-state index in [0.29, 0.717) is 12.5 Å². The van der Waals surface area contributed by atoms with E-state index in [-0.39, 0.29) is 11.8 Å². The third kappa shape index (κ3) is 2.37. The molecule has 1 aliphatic heterocycles. The van der Waals surface area contributed by atoms with Gasteiger partial charge in [0.1, 0.15) is 5.82 Å². The molecule has 2 fully saturated rings. The number of thioether (sulfide) groups is 1. The van der Waals surface area contributed by atoms with Crippen LogP contribution in [0.15, 0.2) is 5.16 Å². The molecule has 6 nitrogen and oxygen atoms in total. The Morgan fingerprint density at radius 3 is 2.89 bits per heavy atom. The maximum atomic E-state index is 10.7. The van der Waals surface area contributed by atoms with Crippen LogP contribution in [0, 0.1) is 0 Å². The van der Waals surface area contributed by atoms with Crippen molar-refractivity contribution in [2.45, 2.75) is 36.4 Å². The van der Waals surface area contributed by atoms with Crippen LogP contribution >= 0.6 is 11.8 Å². The minimum atomic E-state index is -0.829. The first-order chi connectivity index (χ1) is 8.75. The van der Waals surface area contributed by atoms with Gasteiger partial charge < -0.3 is 14.4 Å². The predicted octanol–water partition coefficient (Wildman–Crippen LogP) is 1.29. The zero-order valence-electron chi connectivity index (χ0n) is 9.91. The zero-order chi connectivity index (χ0) is 12.5. The number of hydrogen-bond donors (Lipinski definition) is 1. The van der Waals surface area contributed by atoms with E-state index in [9.17, 15) is 4.79 Å². The summed E-state index contributed by atoms with van der Waals surface area (Å²) in [6, 6.07) is 0.270. The van der Waals surface area contributed by atoms with Crippen molar-refractivity contribution in [3.8, 4) is 0 Å². The van der Waals surface area contributed by atoms with Crippen LogP contribution in [-0.2, 0) is 9.53 Å². The average Bonchev–Trinajstić information content (AvgIpc) is 2.91. The van der Waals surface area contributed by atoms with Crippen molar-refractivity contribution < 1.29 is 14.6 Å². The van der Waals surface area contributed by atoms with E-state index >= 15 is 0 Å². The van der Waals surface area contributed by atoms with Gasteiger partial charge in [-0.15, -0.1) is 10.2 Å². The van der Waals surface area contributed by atoms with Gasteiger partial charge in [0.25, 0.3) is 0 Å². The molecule has 2 heterocycles. The lowest BCUT2D eigenvalue weighted by Crippen LogP contribution is -2.13. The quantitative estimate of drug-likeness (QED) is 0.812. The third-order valence-electron chi connectivity index (χ3n) is 3.23. The maximum absolute atomic E-state index is 10.7. The number of aliphatic carboxylic acids is 1. The van der Waals surface area contributed by atoms with Crippen molar-refractivity contribution in [3.05, 3.63) is 5.82 Å². The molecule has 1 N–H and O–H groups in total. The Morgan fingerprint density at radius 2 is 2.28 bits per heavy atom. The lowest BCUT2D eigenvalue weighted by Gasteiger charge is -2.14. The van der Waals surface area contributed by atoms with Crippen LogP contribution in [0.4, 0.5) is 0 Å². The molecule has 98 valence electrons. The van der Waals surface area contributed by atoms with Crippen molar-refractivity contribution in [1.29, 1.82) is 0 Å². The molecule has 1 aliphatic carbocycles. The molecule has 1 aromatic rings. The first-order valence-corrected chi connectivity index (χ1v) is 7.11. The summed E-state index contributed by atoms with van der Waals surface area (Å²) in [6.45, 7) is 1.44. The van der Waals surface area contributed by atoms with E-state index in [4.69, 9.17) is 9.84 Å². The van der Waals surface area contributed by atoms with Gasteiger partial charge in [0.2, 0.25) is 0 Å². The summed E-state index contributed by atoms with van der Waals surface area (Å²) >= 11 is 1.24. The fourth-order valence-corrected chi connectivity index (χ4v) is 2.93. The second-order valence-electron chi connectivity index (χ2n) is 4.68. The summed E-state index contributed by atoms with van der Waals surface area (Å²) in [7, 11) is 0. The highest BCUT2D eigenvalue weighted by Crippen LogP contribution is 2.42. The molecule has 1 saturated carbocycles. The van der Waals surface area contributed by atoms with Gasteiger partial charge in [-0.1, -0.05) is 11.8 Å². The fourth-order valence-electron chi connectivity index (χ4n) is 2.20. The second kappa shape index (κ2) is 4.89. The van der Waals surface area contributed by atoms with E-state index in [1.54, 1.807) is 0 Å². The minimum absolute atomic E-state index is 0.0242. The smallest absolute Gasteiger partial charge is 0.313 e. The van der Waals surface area contributed by atoms with E-state index in [1.807, 2.05) is 0 Å². The number of carboxylic acid groups (broad SMARTS) is 1. The molecule has 1 aromatic heterocycles. The number of hydrogen-bond acceptors (Lipinski definition) is 5. The molecular formula is C11H15N3O3S. The highest BCUT2D eigenvalue weighted by Gasteiger charge is 2.34. The van der Waals surface area contributed by atoms with Gasteiger partial charge in [0.05, 0.1) is 18.4 Å². The first kappa shape index (κ1) is 12.0. The van der Waals surface area contributed by atoms with Gasteiger partial charge in [0.15, 0.2) is 5.16 Å². The van der Waals surface area contributed by atoms with E-state index in [2.05, 4.69) is 14.8 Å². The number of rotatable bonds is 5. The Balaban J connectivity index is 1.85. The lowest BCUT2D eigenvalue weighted by molar-refractivity contribution is -0.133. The van der Waals surface area contributed by atoms with Crippen LogP contribution in [0.5, 0.6) is 0 Å². The Hall–Kier alpha value is -1.08. The van der Waals surface area contributed by atoms with Crippen molar-refractivity contribution in [2.75, 3.05) is 19.0 Å². The van der Waals surface area contributed by atoms with Crippen LogP contribution in [0.25, 0.3) is 0 Å². The highest BCUT2D eigenvalue weighted by atomic mass is 32.2. The molecule has 18 heavy (non-hydrogen) atoms. The summed E-state index contributed by atoms with van der Waals surface area (Å²) in [6.07, 6.45) is 3.28.